The predicted octanol–water partition coefficient (Wildman–Crippen LogP) is 3.25. The molecule has 144 valence electrons. The van der Waals surface area contributed by atoms with E-state index >= 15 is 0 Å². The molecule has 1 aliphatic rings. The van der Waals surface area contributed by atoms with Crippen molar-refractivity contribution in [1.82, 2.24) is 4.98 Å². The number of rotatable bonds is 3. The molecule has 1 aromatic carbocycles. The zero-order valence-electron chi connectivity index (χ0n) is 13.7. The molecule has 0 atom stereocenters. The van der Waals surface area contributed by atoms with Crippen LogP contribution in [0.15, 0.2) is 42.6 Å². The van der Waals surface area contributed by atoms with Gasteiger partial charge in [0.05, 0.1) is 17.6 Å². The van der Waals surface area contributed by atoms with Crippen molar-refractivity contribution in [3.63, 3.8) is 0 Å². The van der Waals surface area contributed by atoms with E-state index in [1.807, 2.05) is 0 Å². The maximum Gasteiger partial charge on any atom is 0.420 e. The van der Waals surface area contributed by atoms with Gasteiger partial charge in [0.25, 0.3) is 0 Å². The van der Waals surface area contributed by atoms with Crippen LogP contribution in [0.5, 0.6) is 5.75 Å². The molecule has 0 unspecified atom stereocenters. The van der Waals surface area contributed by atoms with Gasteiger partial charge >= 0.3 is 12.3 Å². The molecular formula is C16H14F3N3O4S. The lowest BCUT2D eigenvalue weighted by atomic mass is 10.2. The predicted molar refractivity (Wildman–Crippen MR) is 91.1 cm³/mol. The summed E-state index contributed by atoms with van der Waals surface area (Å²) in [7, 11) is -3.84. The van der Waals surface area contributed by atoms with Crippen molar-refractivity contribution in [2.45, 2.75) is 12.6 Å². The minimum Gasteiger partial charge on any atom is -0.410 e. The van der Waals surface area contributed by atoms with Crippen LogP contribution in [0.4, 0.5) is 29.5 Å². The highest BCUT2D eigenvalue weighted by atomic mass is 32.2. The van der Waals surface area contributed by atoms with Crippen LogP contribution < -0.4 is 14.4 Å². The number of carbonyl (C=O) groups excluding carboxylic acids is 1. The number of para-hydroxylation sites is 1. The number of hydrogen-bond donors (Lipinski definition) is 1. The first-order chi connectivity index (χ1) is 12.7. The van der Waals surface area contributed by atoms with Gasteiger partial charge in [-0.1, -0.05) is 18.2 Å². The van der Waals surface area contributed by atoms with Gasteiger partial charge in [-0.15, -0.1) is 0 Å². The SMILES string of the molecule is O=C(Nc1cnc(N2CCCS2(=O)=O)c(C(F)(F)F)c1)Oc1ccccc1. The fourth-order valence-corrected chi connectivity index (χ4v) is 4.08. The summed E-state index contributed by atoms with van der Waals surface area (Å²) in [5, 5.41) is 2.15. The van der Waals surface area contributed by atoms with Crippen LogP contribution in [0.25, 0.3) is 0 Å². The molecule has 2 heterocycles. The lowest BCUT2D eigenvalue weighted by molar-refractivity contribution is -0.137. The molecule has 1 amide bonds. The van der Waals surface area contributed by atoms with Crippen molar-refractivity contribution >= 4 is 27.6 Å². The summed E-state index contributed by atoms with van der Waals surface area (Å²) in [5.41, 5.74) is -1.53. The number of nitrogens with one attached hydrogen (secondary N) is 1. The Morgan fingerprint density at radius 1 is 1.22 bits per heavy atom. The highest BCUT2D eigenvalue weighted by Gasteiger charge is 2.40. The Hall–Kier alpha value is -2.82. The number of alkyl halides is 3. The van der Waals surface area contributed by atoms with E-state index in [4.69, 9.17) is 4.74 Å². The van der Waals surface area contributed by atoms with Crippen LogP contribution in [0.1, 0.15) is 12.0 Å². The van der Waals surface area contributed by atoms with Crippen LogP contribution in [0.2, 0.25) is 0 Å². The van der Waals surface area contributed by atoms with Crippen LogP contribution in [-0.4, -0.2) is 31.8 Å². The van der Waals surface area contributed by atoms with Crippen molar-refractivity contribution in [2.75, 3.05) is 21.9 Å². The monoisotopic (exact) mass is 401 g/mol. The molecule has 1 fully saturated rings. The number of sulfonamides is 1. The Morgan fingerprint density at radius 3 is 2.52 bits per heavy atom. The summed E-state index contributed by atoms with van der Waals surface area (Å²) < 4.78 is 69.7. The summed E-state index contributed by atoms with van der Waals surface area (Å²) in [6, 6.07) is 8.58. The van der Waals surface area contributed by atoms with Gasteiger partial charge in [0, 0.05) is 6.54 Å². The minimum absolute atomic E-state index is 0.0821. The normalized spacial score (nSPS) is 16.2. The van der Waals surface area contributed by atoms with E-state index in [1.54, 1.807) is 18.2 Å². The third kappa shape index (κ3) is 4.30. The second-order valence-corrected chi connectivity index (χ2v) is 7.68. The Balaban J connectivity index is 1.87. The van der Waals surface area contributed by atoms with Crippen molar-refractivity contribution in [2.24, 2.45) is 0 Å². The van der Waals surface area contributed by atoms with E-state index < -0.39 is 33.7 Å². The third-order valence-corrected chi connectivity index (χ3v) is 5.54. The molecule has 0 radical (unpaired) electrons. The summed E-state index contributed by atoms with van der Waals surface area (Å²) in [6.07, 6.45) is -4.70. The van der Waals surface area contributed by atoms with Gasteiger partial charge in [-0.2, -0.15) is 13.2 Å². The zero-order valence-corrected chi connectivity index (χ0v) is 14.5. The number of benzene rings is 1. The number of halogens is 3. The molecule has 27 heavy (non-hydrogen) atoms. The molecule has 0 aliphatic carbocycles. The Bertz CT molecular complexity index is 949. The van der Waals surface area contributed by atoms with Gasteiger partial charge in [-0.3, -0.25) is 9.62 Å². The number of anilines is 2. The van der Waals surface area contributed by atoms with Crippen molar-refractivity contribution in [1.29, 1.82) is 0 Å². The molecule has 0 spiro atoms. The van der Waals surface area contributed by atoms with E-state index in [0.717, 1.165) is 6.20 Å². The molecule has 1 aromatic heterocycles. The van der Waals surface area contributed by atoms with E-state index in [1.165, 1.54) is 12.1 Å². The van der Waals surface area contributed by atoms with Gasteiger partial charge in [-0.25, -0.2) is 18.2 Å². The number of ether oxygens (including phenoxy) is 1. The minimum atomic E-state index is -4.86. The molecule has 3 rings (SSSR count). The Kier molecular flexibility index (Phi) is 4.96. The number of pyridine rings is 1. The van der Waals surface area contributed by atoms with Gasteiger partial charge in [0.15, 0.2) is 5.82 Å². The van der Waals surface area contributed by atoms with Gasteiger partial charge in [-0.05, 0) is 24.6 Å². The fraction of sp³-hybridized carbons (Fsp3) is 0.250. The fourth-order valence-electron chi connectivity index (χ4n) is 2.55. The quantitative estimate of drug-likeness (QED) is 0.853. The van der Waals surface area contributed by atoms with Gasteiger partial charge in [0.1, 0.15) is 11.3 Å². The number of hydrogen-bond acceptors (Lipinski definition) is 5. The lowest BCUT2D eigenvalue weighted by Gasteiger charge is -2.21. The molecule has 2 aromatic rings. The maximum atomic E-state index is 13.4. The summed E-state index contributed by atoms with van der Waals surface area (Å²) in [6.45, 7) is -0.0821. The zero-order chi connectivity index (χ0) is 19.7. The summed E-state index contributed by atoms with van der Waals surface area (Å²) in [5.74, 6) is -0.740. The van der Waals surface area contributed by atoms with E-state index in [-0.39, 0.29) is 30.2 Å². The van der Waals surface area contributed by atoms with Crippen LogP contribution in [-0.2, 0) is 16.2 Å². The van der Waals surface area contributed by atoms with Crippen LogP contribution >= 0.6 is 0 Å². The number of nitrogens with zero attached hydrogens (tertiary/aromatic N) is 2. The largest absolute Gasteiger partial charge is 0.420 e. The van der Waals surface area contributed by atoms with E-state index in [2.05, 4.69) is 10.3 Å². The summed E-state index contributed by atoms with van der Waals surface area (Å²) >= 11 is 0. The third-order valence-electron chi connectivity index (χ3n) is 3.71. The number of amides is 1. The average Bonchev–Trinajstić information content (AvgIpc) is 2.94. The highest BCUT2D eigenvalue weighted by Crippen LogP contribution is 2.38. The van der Waals surface area contributed by atoms with Crippen molar-refractivity contribution < 1.29 is 31.1 Å². The number of carbonyl (C=O) groups is 1. The number of aromatic nitrogens is 1. The van der Waals surface area contributed by atoms with Crippen LogP contribution in [0, 0.1) is 0 Å². The van der Waals surface area contributed by atoms with Gasteiger partial charge < -0.3 is 4.74 Å². The molecule has 0 bridgehead atoms. The van der Waals surface area contributed by atoms with E-state index in [0.29, 0.717) is 10.4 Å². The molecule has 7 nitrogen and oxygen atoms in total. The summed E-state index contributed by atoms with van der Waals surface area (Å²) in [4.78, 5) is 15.5. The molecule has 1 aliphatic heterocycles. The van der Waals surface area contributed by atoms with Gasteiger partial charge in [0.2, 0.25) is 10.0 Å². The average molecular weight is 401 g/mol. The maximum absolute atomic E-state index is 13.4. The molecular weight excluding hydrogens is 387 g/mol. The Morgan fingerprint density at radius 2 is 1.93 bits per heavy atom. The van der Waals surface area contributed by atoms with E-state index in [9.17, 15) is 26.4 Å². The molecule has 1 N–H and O–H groups in total. The van der Waals surface area contributed by atoms with Crippen LogP contribution in [0.3, 0.4) is 0 Å². The van der Waals surface area contributed by atoms with Crippen molar-refractivity contribution in [3.8, 4) is 5.75 Å². The lowest BCUT2D eigenvalue weighted by Crippen LogP contribution is -2.29. The Labute approximate surface area is 152 Å². The standard InChI is InChI=1S/C16H14F3N3O4S/c17-16(18,19)13-9-11(21-15(23)26-12-5-2-1-3-6-12)10-20-14(13)22-7-4-8-27(22,24)25/h1-3,5-6,9-10H,4,7-8H2,(H,21,23). The first kappa shape index (κ1) is 19.0. The highest BCUT2D eigenvalue weighted by molar-refractivity contribution is 7.93. The second kappa shape index (κ2) is 7.06. The smallest absolute Gasteiger partial charge is 0.410 e. The first-order valence-electron chi connectivity index (χ1n) is 7.78. The molecule has 1 saturated heterocycles. The topological polar surface area (TPSA) is 88.6 Å². The second-order valence-electron chi connectivity index (χ2n) is 5.66. The molecule has 0 saturated carbocycles. The molecule has 11 heteroatoms. The first-order valence-corrected chi connectivity index (χ1v) is 9.39. The van der Waals surface area contributed by atoms with Crippen molar-refractivity contribution in [3.05, 3.63) is 48.2 Å².